The van der Waals surface area contributed by atoms with Crippen molar-refractivity contribution in [3.05, 3.63) is 54.4 Å². The van der Waals surface area contributed by atoms with E-state index in [1.165, 1.54) is 0 Å². The Morgan fingerprint density at radius 3 is 2.72 bits per heavy atom. The van der Waals surface area contributed by atoms with E-state index in [-0.39, 0.29) is 30.1 Å². The van der Waals surface area contributed by atoms with Gasteiger partial charge in [0.05, 0.1) is 18.8 Å². The number of guanidine groups is 1. The minimum absolute atomic E-state index is 0. The van der Waals surface area contributed by atoms with Gasteiger partial charge in [-0.05, 0) is 31.2 Å². The lowest BCUT2D eigenvalue weighted by Crippen LogP contribution is -2.45. The maximum atomic E-state index is 5.94. The summed E-state index contributed by atoms with van der Waals surface area (Å²) >= 11 is 0. The molecule has 1 unspecified atom stereocenters. The van der Waals surface area contributed by atoms with Gasteiger partial charge in [0.2, 0.25) is 0 Å². The van der Waals surface area contributed by atoms with E-state index in [0.717, 1.165) is 29.7 Å². The number of para-hydroxylation sites is 2. The molecule has 7 heteroatoms. The Kier molecular flexibility index (Phi) is 7.77. The first-order valence-corrected chi connectivity index (χ1v) is 8.15. The van der Waals surface area contributed by atoms with Crippen molar-refractivity contribution < 1.29 is 9.47 Å². The lowest BCUT2D eigenvalue weighted by Gasteiger charge is -2.27. The van der Waals surface area contributed by atoms with E-state index in [1.54, 1.807) is 6.20 Å². The zero-order chi connectivity index (χ0) is 16.6. The van der Waals surface area contributed by atoms with Gasteiger partial charge >= 0.3 is 0 Å². The van der Waals surface area contributed by atoms with Gasteiger partial charge in [-0.15, -0.1) is 24.0 Å². The van der Waals surface area contributed by atoms with E-state index < -0.39 is 0 Å². The second-order valence-corrected chi connectivity index (χ2v) is 5.39. The van der Waals surface area contributed by atoms with Crippen molar-refractivity contribution in [1.82, 2.24) is 15.6 Å². The average Bonchev–Trinajstić information content (AvgIpc) is 2.64. The van der Waals surface area contributed by atoms with Gasteiger partial charge < -0.3 is 20.1 Å². The van der Waals surface area contributed by atoms with Crippen molar-refractivity contribution in [2.24, 2.45) is 4.99 Å². The Labute approximate surface area is 165 Å². The van der Waals surface area contributed by atoms with Crippen LogP contribution >= 0.6 is 24.0 Å². The second-order valence-electron chi connectivity index (χ2n) is 5.39. The third-order valence-corrected chi connectivity index (χ3v) is 3.53. The van der Waals surface area contributed by atoms with E-state index in [1.807, 2.05) is 49.4 Å². The van der Waals surface area contributed by atoms with Gasteiger partial charge in [0.1, 0.15) is 12.7 Å². The molecule has 1 aromatic carbocycles. The number of nitrogens with zero attached hydrogens (tertiary/aromatic N) is 2. The predicted octanol–water partition coefficient (Wildman–Crippen LogP) is 2.59. The first-order valence-electron chi connectivity index (χ1n) is 8.15. The Balaban J connectivity index is 0.00000225. The van der Waals surface area contributed by atoms with Gasteiger partial charge in [0.15, 0.2) is 17.5 Å². The van der Waals surface area contributed by atoms with E-state index in [0.29, 0.717) is 19.7 Å². The minimum atomic E-state index is -0.0568. The van der Waals surface area contributed by atoms with Crippen LogP contribution in [0.1, 0.15) is 12.6 Å². The third-order valence-electron chi connectivity index (χ3n) is 3.53. The summed E-state index contributed by atoms with van der Waals surface area (Å²) in [5.41, 5.74) is 0.931. The summed E-state index contributed by atoms with van der Waals surface area (Å²) in [7, 11) is 0. The van der Waals surface area contributed by atoms with Gasteiger partial charge in [-0.1, -0.05) is 18.2 Å². The molecule has 0 fully saturated rings. The molecule has 0 radical (unpaired) electrons. The number of rotatable bonds is 5. The molecule has 2 N–H and O–H groups in total. The summed E-state index contributed by atoms with van der Waals surface area (Å²) in [6.07, 6.45) is 1.72. The molecule has 0 bridgehead atoms. The Hall–Kier alpha value is -2.03. The number of ether oxygens (including phenoxy) is 2. The lowest BCUT2D eigenvalue weighted by atomic mass is 10.2. The van der Waals surface area contributed by atoms with Crippen LogP contribution in [-0.2, 0) is 6.54 Å². The molecule has 134 valence electrons. The number of fused-ring (bicyclic) bond motifs is 1. The summed E-state index contributed by atoms with van der Waals surface area (Å²) in [6.45, 7) is 4.49. The van der Waals surface area contributed by atoms with Crippen LogP contribution in [0.4, 0.5) is 0 Å². The highest BCUT2D eigenvalue weighted by atomic mass is 127. The number of halogens is 1. The maximum Gasteiger partial charge on any atom is 0.191 e. The molecular weight excluding hydrogens is 431 g/mol. The fraction of sp³-hybridized carbons (Fsp3) is 0.333. The zero-order valence-electron chi connectivity index (χ0n) is 14.1. The molecule has 0 amide bonds. The van der Waals surface area contributed by atoms with Gasteiger partial charge in [0.25, 0.3) is 0 Å². The summed E-state index contributed by atoms with van der Waals surface area (Å²) in [4.78, 5) is 8.83. The lowest BCUT2D eigenvalue weighted by molar-refractivity contribution is 0.0936. The Morgan fingerprint density at radius 2 is 1.96 bits per heavy atom. The third kappa shape index (κ3) is 5.77. The smallest absolute Gasteiger partial charge is 0.191 e. The average molecular weight is 454 g/mol. The molecule has 1 aromatic heterocycles. The van der Waals surface area contributed by atoms with Crippen LogP contribution in [0.3, 0.4) is 0 Å². The van der Waals surface area contributed by atoms with E-state index >= 15 is 0 Å². The molecular formula is C18H23IN4O2. The molecule has 1 atom stereocenters. The number of hydrogen-bond acceptors (Lipinski definition) is 4. The maximum absolute atomic E-state index is 5.94. The summed E-state index contributed by atoms with van der Waals surface area (Å²) in [5.74, 6) is 2.32. The molecule has 0 saturated heterocycles. The van der Waals surface area contributed by atoms with E-state index in [4.69, 9.17) is 9.47 Å². The van der Waals surface area contributed by atoms with Gasteiger partial charge in [0, 0.05) is 12.7 Å². The topological polar surface area (TPSA) is 67.8 Å². The van der Waals surface area contributed by atoms with Crippen molar-refractivity contribution in [3.63, 3.8) is 0 Å². The first kappa shape index (κ1) is 19.3. The molecule has 1 aliphatic heterocycles. The monoisotopic (exact) mass is 454 g/mol. The number of pyridine rings is 1. The quantitative estimate of drug-likeness (QED) is 0.413. The van der Waals surface area contributed by atoms with Gasteiger partial charge in [-0.3, -0.25) is 4.98 Å². The van der Waals surface area contributed by atoms with Crippen molar-refractivity contribution in [2.75, 3.05) is 19.7 Å². The summed E-state index contributed by atoms with van der Waals surface area (Å²) in [6, 6.07) is 13.5. The fourth-order valence-electron chi connectivity index (χ4n) is 2.37. The Bertz CT molecular complexity index is 682. The number of aliphatic imine (C=N–C) groups is 1. The van der Waals surface area contributed by atoms with Gasteiger partial charge in [-0.25, -0.2) is 4.99 Å². The van der Waals surface area contributed by atoms with Crippen molar-refractivity contribution in [1.29, 1.82) is 0 Å². The van der Waals surface area contributed by atoms with Crippen LogP contribution in [0.2, 0.25) is 0 Å². The molecule has 0 aliphatic carbocycles. The molecule has 1 aliphatic rings. The van der Waals surface area contributed by atoms with Crippen molar-refractivity contribution in [2.45, 2.75) is 19.6 Å². The first-order chi connectivity index (χ1) is 11.8. The number of aromatic nitrogens is 1. The molecule has 2 aromatic rings. The van der Waals surface area contributed by atoms with E-state index in [2.05, 4.69) is 20.6 Å². The highest BCUT2D eigenvalue weighted by molar-refractivity contribution is 14.0. The van der Waals surface area contributed by atoms with Crippen LogP contribution in [0.15, 0.2) is 53.7 Å². The second kappa shape index (κ2) is 10.1. The molecule has 25 heavy (non-hydrogen) atoms. The number of benzene rings is 1. The fourth-order valence-corrected chi connectivity index (χ4v) is 2.37. The van der Waals surface area contributed by atoms with Crippen LogP contribution in [-0.4, -0.2) is 36.7 Å². The molecule has 0 saturated carbocycles. The molecule has 6 nitrogen and oxygen atoms in total. The zero-order valence-corrected chi connectivity index (χ0v) is 16.5. The number of nitrogens with one attached hydrogen (secondary N) is 2. The molecule has 3 rings (SSSR count). The molecule has 0 spiro atoms. The summed E-state index contributed by atoms with van der Waals surface area (Å²) in [5, 5.41) is 6.52. The normalized spacial score (nSPS) is 15.9. The Morgan fingerprint density at radius 1 is 1.16 bits per heavy atom. The van der Waals surface area contributed by atoms with Gasteiger partial charge in [-0.2, -0.15) is 0 Å². The SMILES string of the molecule is CCNC(=NCc1ccccn1)NCC1COc2ccccc2O1.I. The highest BCUT2D eigenvalue weighted by Gasteiger charge is 2.20. The van der Waals surface area contributed by atoms with Crippen molar-refractivity contribution in [3.8, 4) is 11.5 Å². The predicted molar refractivity (Wildman–Crippen MR) is 109 cm³/mol. The standard InChI is InChI=1S/C18H22N4O2.HI/c1-2-19-18(21-11-14-7-5-6-10-20-14)22-12-15-13-23-16-8-3-4-9-17(16)24-15;/h3-10,15H,2,11-13H2,1H3,(H2,19,21,22);1H. The van der Waals surface area contributed by atoms with Crippen LogP contribution in [0, 0.1) is 0 Å². The van der Waals surface area contributed by atoms with E-state index in [9.17, 15) is 0 Å². The van der Waals surface area contributed by atoms with Crippen LogP contribution in [0.25, 0.3) is 0 Å². The van der Waals surface area contributed by atoms with Crippen LogP contribution in [0.5, 0.6) is 11.5 Å². The number of hydrogen-bond donors (Lipinski definition) is 2. The summed E-state index contributed by atoms with van der Waals surface area (Å²) < 4.78 is 11.7. The minimum Gasteiger partial charge on any atom is -0.486 e. The molecule has 2 heterocycles. The largest absolute Gasteiger partial charge is 0.486 e. The van der Waals surface area contributed by atoms with Crippen molar-refractivity contribution >= 4 is 29.9 Å². The van der Waals surface area contributed by atoms with Crippen LogP contribution < -0.4 is 20.1 Å². The highest BCUT2D eigenvalue weighted by Crippen LogP contribution is 2.30.